The first kappa shape index (κ1) is 60.8. The third kappa shape index (κ3) is 16.9. The molecular formula is C54H76N8O15. The molecule has 7 unspecified atom stereocenters. The predicted molar refractivity (Wildman–Crippen MR) is 277 cm³/mol. The lowest BCUT2D eigenvalue weighted by molar-refractivity contribution is -0.166. The Hall–Kier alpha value is -7.11. The molecule has 2 aromatic rings. The molecule has 13 atom stereocenters. The van der Waals surface area contributed by atoms with E-state index in [2.05, 4.69) is 26.6 Å². The molecular weight excluding hydrogens is 1000 g/mol. The number of nitrogens with two attached hydrogens (primary N) is 1. The summed E-state index contributed by atoms with van der Waals surface area (Å²) in [6, 6.07) is 0.875. The van der Waals surface area contributed by atoms with Gasteiger partial charge in [-0.15, -0.1) is 0 Å². The molecule has 2 saturated heterocycles. The van der Waals surface area contributed by atoms with Gasteiger partial charge in [0.05, 0.1) is 6.10 Å². The summed E-state index contributed by atoms with van der Waals surface area (Å²) in [5, 5.41) is 65.4. The van der Waals surface area contributed by atoms with Crippen molar-refractivity contribution in [2.45, 2.75) is 172 Å². The number of piperidine rings is 1. The molecule has 23 nitrogen and oxygen atoms in total. The van der Waals surface area contributed by atoms with E-state index in [9.17, 15) is 68.7 Å². The number of hydrogen-bond acceptors (Lipinski definition) is 15. The minimum Gasteiger partial charge on any atom is -0.508 e. The number of nitrogens with zero attached hydrogens (tertiary/aromatic N) is 2. The van der Waals surface area contributed by atoms with Gasteiger partial charge < -0.3 is 72.4 Å². The van der Waals surface area contributed by atoms with E-state index in [4.69, 9.17) is 10.5 Å². The lowest BCUT2D eigenvalue weighted by atomic mass is 9.88. The van der Waals surface area contributed by atoms with Crippen LogP contribution in [0, 0.1) is 17.8 Å². The highest BCUT2D eigenvalue weighted by Gasteiger charge is 2.46. The third-order valence-corrected chi connectivity index (χ3v) is 14.4. The van der Waals surface area contributed by atoms with Crippen LogP contribution in [0.15, 0.2) is 60.7 Å². The van der Waals surface area contributed by atoms with Crippen LogP contribution in [0.25, 0.3) is 0 Å². The molecule has 23 heteroatoms. The van der Waals surface area contributed by atoms with Gasteiger partial charge in [-0.1, -0.05) is 70.5 Å². The summed E-state index contributed by atoms with van der Waals surface area (Å²) in [7, 11) is 1.35. The molecule has 2 aromatic carbocycles. The standard InChI is InChI=1S/C54H76N8O15/c1-7-29(4)45-54(76)77-30(5)46(60-47(69)37(20-22-43(55)67)56-50(72)42(66)27-33-12-18-36(65)19-13-33)51(73)58-39(25-31-8-14-34(63)15-9-31)48(70)57-38-21-23-44(68)62(52(38)74)41(24-28(2)3)53(75)61(6)40(49(71)59-45)26-32-10-16-35(64)17-11-32/h8,10-14,16-19,28-31,34,37-42,44-46,63-66,68H,7,9,15,20-27H2,1-6H3,(H2,55,67)(H,56,72)(H,57,70)(H,58,73)(H,59,71)(H,60,69)/t29?,30-,31?,34?,37+,38?,39?,40+,41+,42?,44?,45+,46+/m1/s1. The van der Waals surface area contributed by atoms with E-state index in [1.54, 1.807) is 52.0 Å². The molecule has 2 bridgehead atoms. The van der Waals surface area contributed by atoms with E-state index in [-0.39, 0.29) is 62.4 Å². The molecule has 1 aliphatic carbocycles. The highest BCUT2D eigenvalue weighted by molar-refractivity contribution is 5.98. The van der Waals surface area contributed by atoms with Crippen molar-refractivity contribution in [2.24, 2.45) is 23.5 Å². The number of esters is 1. The summed E-state index contributed by atoms with van der Waals surface area (Å²) < 4.78 is 5.96. The number of ether oxygens (including phenoxy) is 1. The number of fused-ring (bicyclic) bond motifs is 2. The molecule has 422 valence electrons. The SMILES string of the molecule is CCC(C)[C@@H]1NC(=O)[C@H](Cc2ccc(O)cc2)N(C)C(=O)[C@H](CC(C)C)N2C(=O)C(CCC2O)NC(=O)C(CC2C=CC(O)CC2)NC(=O)[C@@H](NC(=O)[C@H](CCC(N)=O)NC(=O)C(O)Cc2ccc(O)cc2)[C@@H](C)OC1=O. The van der Waals surface area contributed by atoms with Crippen LogP contribution in [0.1, 0.15) is 104 Å². The van der Waals surface area contributed by atoms with Crippen LogP contribution in [0.2, 0.25) is 0 Å². The number of carbonyl (C=O) groups is 9. The minimum atomic E-state index is -1.90. The number of carbonyl (C=O) groups excluding carboxylic acids is 9. The first-order valence-corrected chi connectivity index (χ1v) is 26.2. The average molecular weight is 1080 g/mol. The number of phenolic OH excluding ortho intramolecular Hbond substituents is 2. The highest BCUT2D eigenvalue weighted by atomic mass is 16.5. The van der Waals surface area contributed by atoms with Crippen LogP contribution in [-0.4, -0.2) is 162 Å². The Morgan fingerprint density at radius 1 is 0.792 bits per heavy atom. The Morgan fingerprint density at radius 3 is 2.01 bits per heavy atom. The number of hydrogen-bond donors (Lipinski definition) is 11. The Labute approximate surface area is 447 Å². The van der Waals surface area contributed by atoms with E-state index >= 15 is 0 Å². The number of rotatable bonds is 17. The smallest absolute Gasteiger partial charge is 0.329 e. The number of primary amides is 1. The van der Waals surface area contributed by atoms with Gasteiger partial charge in [0.1, 0.15) is 72.2 Å². The maximum atomic E-state index is 15.0. The van der Waals surface area contributed by atoms with Gasteiger partial charge in [0.2, 0.25) is 47.3 Å². The molecule has 5 rings (SSSR count). The second kappa shape index (κ2) is 27.8. The van der Waals surface area contributed by atoms with Crippen molar-refractivity contribution in [1.29, 1.82) is 0 Å². The Morgan fingerprint density at radius 2 is 1.43 bits per heavy atom. The topological polar surface area (TPSA) is 357 Å². The van der Waals surface area contributed by atoms with Gasteiger partial charge in [0.25, 0.3) is 0 Å². The van der Waals surface area contributed by atoms with Crippen LogP contribution >= 0.6 is 0 Å². The number of nitrogens with one attached hydrogen (secondary N) is 5. The van der Waals surface area contributed by atoms with Crippen LogP contribution in [-0.2, 0) is 60.7 Å². The van der Waals surface area contributed by atoms with Gasteiger partial charge in [0, 0.05) is 26.3 Å². The van der Waals surface area contributed by atoms with Crippen molar-refractivity contribution in [3.63, 3.8) is 0 Å². The van der Waals surface area contributed by atoms with Gasteiger partial charge in [-0.25, -0.2) is 4.79 Å². The molecule has 2 aliphatic heterocycles. The van der Waals surface area contributed by atoms with Crippen LogP contribution in [0.5, 0.6) is 11.5 Å². The zero-order valence-corrected chi connectivity index (χ0v) is 44.4. The van der Waals surface area contributed by atoms with Gasteiger partial charge in [-0.05, 0) is 105 Å². The van der Waals surface area contributed by atoms with E-state index in [0.717, 1.165) is 9.80 Å². The number of aliphatic hydroxyl groups is 3. The van der Waals surface area contributed by atoms with Crippen molar-refractivity contribution in [1.82, 2.24) is 36.4 Å². The molecule has 12 N–H and O–H groups in total. The van der Waals surface area contributed by atoms with Crippen molar-refractivity contribution in [2.75, 3.05) is 7.05 Å². The van der Waals surface area contributed by atoms with Crippen molar-refractivity contribution in [3.05, 3.63) is 71.8 Å². The minimum absolute atomic E-state index is 0.0129. The Bertz CT molecular complexity index is 2460. The number of likely N-dealkylation sites (N-methyl/N-ethyl adjacent to an activating group) is 1. The summed E-state index contributed by atoms with van der Waals surface area (Å²) in [6.07, 6.45) is -3.06. The molecule has 8 amide bonds. The maximum absolute atomic E-state index is 15.0. The molecule has 77 heavy (non-hydrogen) atoms. The average Bonchev–Trinajstić information content (AvgIpc) is 3.38. The summed E-state index contributed by atoms with van der Waals surface area (Å²) in [6.45, 7) is 8.24. The summed E-state index contributed by atoms with van der Waals surface area (Å²) in [5.74, 6) is -9.95. The van der Waals surface area contributed by atoms with Gasteiger partial charge in [-0.2, -0.15) is 0 Å². The van der Waals surface area contributed by atoms with E-state index in [1.165, 1.54) is 50.4 Å². The lowest BCUT2D eigenvalue weighted by Crippen LogP contribution is -2.65. The summed E-state index contributed by atoms with van der Waals surface area (Å²) in [4.78, 5) is 131. The number of aliphatic hydroxyl groups excluding tert-OH is 3. The van der Waals surface area contributed by atoms with E-state index < -0.39 is 145 Å². The molecule has 2 heterocycles. The number of phenols is 2. The monoisotopic (exact) mass is 1080 g/mol. The molecule has 2 fully saturated rings. The molecule has 0 aromatic heterocycles. The highest BCUT2D eigenvalue weighted by Crippen LogP contribution is 2.28. The summed E-state index contributed by atoms with van der Waals surface area (Å²) >= 11 is 0. The van der Waals surface area contributed by atoms with E-state index in [0.29, 0.717) is 24.0 Å². The summed E-state index contributed by atoms with van der Waals surface area (Å²) in [5.41, 5.74) is 6.38. The lowest BCUT2D eigenvalue weighted by Gasteiger charge is -2.43. The number of allylic oxidation sites excluding steroid dienone is 1. The number of cyclic esters (lactones) is 1. The molecule has 0 radical (unpaired) electrons. The normalized spacial score (nSPS) is 27.1. The Balaban J connectivity index is 1.61. The second-order valence-electron chi connectivity index (χ2n) is 20.9. The fraction of sp³-hybridized carbons (Fsp3) is 0.574. The second-order valence-corrected chi connectivity index (χ2v) is 20.9. The molecule has 3 aliphatic rings. The first-order valence-electron chi connectivity index (χ1n) is 26.2. The zero-order chi connectivity index (χ0) is 56.8. The largest absolute Gasteiger partial charge is 0.508 e. The fourth-order valence-corrected chi connectivity index (χ4v) is 9.62. The number of aromatic hydroxyl groups is 2. The maximum Gasteiger partial charge on any atom is 0.329 e. The molecule has 0 spiro atoms. The van der Waals surface area contributed by atoms with E-state index in [1.807, 2.05) is 0 Å². The van der Waals surface area contributed by atoms with Crippen molar-refractivity contribution in [3.8, 4) is 11.5 Å². The van der Waals surface area contributed by atoms with Gasteiger partial charge in [-0.3, -0.25) is 38.4 Å². The Kier molecular flexibility index (Phi) is 21.9. The van der Waals surface area contributed by atoms with Crippen LogP contribution < -0.4 is 32.3 Å². The molecule has 0 saturated carbocycles. The number of benzene rings is 2. The van der Waals surface area contributed by atoms with Crippen molar-refractivity contribution < 1.29 is 73.4 Å². The third-order valence-electron chi connectivity index (χ3n) is 14.4. The number of amides is 8. The predicted octanol–water partition coefficient (Wildman–Crippen LogP) is -0.175. The van der Waals surface area contributed by atoms with Crippen molar-refractivity contribution >= 4 is 53.2 Å². The van der Waals surface area contributed by atoms with Gasteiger partial charge >= 0.3 is 5.97 Å². The van der Waals surface area contributed by atoms with Crippen LogP contribution in [0.4, 0.5) is 0 Å². The zero-order valence-electron chi connectivity index (χ0n) is 44.4. The quantitative estimate of drug-likeness (QED) is 0.0724. The first-order chi connectivity index (χ1) is 36.4. The van der Waals surface area contributed by atoms with Gasteiger partial charge in [0.15, 0.2) is 0 Å². The van der Waals surface area contributed by atoms with Crippen LogP contribution in [0.3, 0.4) is 0 Å². The fourth-order valence-electron chi connectivity index (χ4n) is 9.62.